The molecule has 1 radical (unpaired) electrons. The molecule has 0 bridgehead atoms. The van der Waals surface area contributed by atoms with E-state index in [0.717, 1.165) is 11.1 Å². The normalized spacial score (nSPS) is 10.9. The first-order valence-corrected chi connectivity index (χ1v) is 9.50. The minimum Gasteiger partial charge on any atom is -0.262 e. The average Bonchev–Trinajstić information content (AvgIpc) is 2.67. The van der Waals surface area contributed by atoms with E-state index in [1.807, 2.05) is 43.3 Å². The Hall–Kier alpha value is -3.10. The van der Waals surface area contributed by atoms with Crippen molar-refractivity contribution < 1.29 is 8.42 Å². The molecule has 0 fully saturated rings. The van der Waals surface area contributed by atoms with Crippen molar-refractivity contribution in [1.29, 1.82) is 5.26 Å². The van der Waals surface area contributed by atoms with E-state index in [1.54, 1.807) is 36.4 Å². The summed E-state index contributed by atoms with van der Waals surface area (Å²) in [6, 6.07) is 25.7. The smallest absolute Gasteiger partial charge is 0.262 e. The minimum absolute atomic E-state index is 0.173. The van der Waals surface area contributed by atoms with E-state index in [2.05, 4.69) is 6.07 Å². The predicted molar refractivity (Wildman–Crippen MR) is 101 cm³/mol. The third-order valence-electron chi connectivity index (χ3n) is 3.97. The molecule has 0 aliphatic carbocycles. The van der Waals surface area contributed by atoms with Crippen LogP contribution < -0.4 is 4.31 Å². The maximum atomic E-state index is 13.3. The number of nitrogens with zero attached hydrogens (tertiary/aromatic N) is 2. The van der Waals surface area contributed by atoms with Crippen LogP contribution in [0.5, 0.6) is 0 Å². The van der Waals surface area contributed by atoms with Gasteiger partial charge in [0, 0.05) is 6.07 Å². The number of sulfonamides is 1. The van der Waals surface area contributed by atoms with Gasteiger partial charge in [-0.3, -0.25) is 4.31 Å². The summed E-state index contributed by atoms with van der Waals surface area (Å²) in [5, 5.41) is 9.13. The van der Waals surface area contributed by atoms with Gasteiger partial charge in [-0.15, -0.1) is 0 Å². The summed E-state index contributed by atoms with van der Waals surface area (Å²) >= 11 is 0. The van der Waals surface area contributed by atoms with Crippen LogP contribution in [-0.2, 0) is 16.6 Å². The second-order valence-electron chi connectivity index (χ2n) is 5.88. The minimum atomic E-state index is -3.78. The topological polar surface area (TPSA) is 61.2 Å². The van der Waals surface area contributed by atoms with Crippen molar-refractivity contribution in [2.75, 3.05) is 4.31 Å². The van der Waals surface area contributed by atoms with Gasteiger partial charge in [-0.1, -0.05) is 54.1 Å². The van der Waals surface area contributed by atoms with Gasteiger partial charge in [-0.05, 0) is 36.8 Å². The first-order valence-electron chi connectivity index (χ1n) is 8.06. The molecule has 5 heteroatoms. The van der Waals surface area contributed by atoms with Crippen LogP contribution in [0.4, 0.5) is 5.69 Å². The van der Waals surface area contributed by atoms with Crippen molar-refractivity contribution in [1.82, 2.24) is 0 Å². The SMILES string of the molecule is Cc1ccc(S(=O)(=O)N(Cc2ccccc2)c2cc[c]c(C#N)c2)cc1. The van der Waals surface area contributed by atoms with Crippen LogP contribution >= 0.6 is 0 Å². The van der Waals surface area contributed by atoms with Gasteiger partial charge < -0.3 is 0 Å². The Bertz CT molecular complexity index is 1040. The van der Waals surface area contributed by atoms with Crippen LogP contribution in [0.2, 0.25) is 0 Å². The van der Waals surface area contributed by atoms with E-state index in [4.69, 9.17) is 5.26 Å². The highest BCUT2D eigenvalue weighted by molar-refractivity contribution is 7.92. The molecular weight excluding hydrogens is 344 g/mol. The van der Waals surface area contributed by atoms with Gasteiger partial charge in [0.05, 0.1) is 28.8 Å². The van der Waals surface area contributed by atoms with Crippen LogP contribution in [0.3, 0.4) is 0 Å². The quantitative estimate of drug-likeness (QED) is 0.688. The van der Waals surface area contributed by atoms with Gasteiger partial charge in [-0.25, -0.2) is 8.42 Å². The molecular formula is C21H17N2O2S. The number of benzene rings is 3. The highest BCUT2D eigenvalue weighted by Crippen LogP contribution is 2.26. The Morgan fingerprint density at radius 3 is 2.38 bits per heavy atom. The predicted octanol–water partition coefficient (Wildman–Crippen LogP) is 4.06. The number of nitriles is 1. The molecule has 0 unspecified atom stereocenters. The highest BCUT2D eigenvalue weighted by Gasteiger charge is 2.25. The molecule has 0 aliphatic heterocycles. The number of aryl methyl sites for hydroxylation is 1. The Kier molecular flexibility index (Phi) is 5.06. The maximum absolute atomic E-state index is 13.3. The molecule has 0 amide bonds. The van der Waals surface area contributed by atoms with E-state index in [-0.39, 0.29) is 11.4 Å². The molecule has 26 heavy (non-hydrogen) atoms. The Balaban J connectivity index is 2.10. The fraction of sp³-hybridized carbons (Fsp3) is 0.0952. The van der Waals surface area contributed by atoms with Crippen molar-refractivity contribution in [2.45, 2.75) is 18.4 Å². The van der Waals surface area contributed by atoms with Gasteiger partial charge in [0.15, 0.2) is 0 Å². The maximum Gasteiger partial charge on any atom is 0.264 e. The van der Waals surface area contributed by atoms with E-state index >= 15 is 0 Å². The molecule has 0 saturated heterocycles. The number of hydrogen-bond donors (Lipinski definition) is 0. The third-order valence-corrected chi connectivity index (χ3v) is 5.76. The second kappa shape index (κ2) is 7.42. The molecule has 3 aromatic rings. The van der Waals surface area contributed by atoms with Crippen LogP contribution in [0.15, 0.2) is 77.7 Å². The van der Waals surface area contributed by atoms with Gasteiger partial charge in [0.2, 0.25) is 0 Å². The summed E-state index contributed by atoms with van der Waals surface area (Å²) in [7, 11) is -3.78. The van der Waals surface area contributed by atoms with Crippen LogP contribution in [0.1, 0.15) is 16.7 Å². The standard InChI is InChI=1S/C21H17N2O2S/c1-17-10-12-21(13-11-17)26(24,25)23(16-18-6-3-2-4-7-18)20-9-5-8-19(14-20)15-22/h2-7,9-14H,16H2,1H3. The molecule has 0 spiro atoms. The van der Waals surface area contributed by atoms with Crippen molar-refractivity contribution in [3.05, 3.63) is 95.6 Å². The zero-order chi connectivity index (χ0) is 18.6. The first kappa shape index (κ1) is 17.7. The van der Waals surface area contributed by atoms with Crippen LogP contribution in [0.25, 0.3) is 0 Å². The summed E-state index contributed by atoms with van der Waals surface area (Å²) in [5.74, 6) is 0. The van der Waals surface area contributed by atoms with Crippen LogP contribution in [-0.4, -0.2) is 8.42 Å². The Labute approximate surface area is 154 Å². The van der Waals surface area contributed by atoms with E-state index in [1.165, 1.54) is 10.4 Å². The average molecular weight is 361 g/mol. The number of rotatable bonds is 5. The Morgan fingerprint density at radius 1 is 1.04 bits per heavy atom. The van der Waals surface area contributed by atoms with Gasteiger partial charge in [-0.2, -0.15) is 5.26 Å². The fourth-order valence-corrected chi connectivity index (χ4v) is 4.02. The Morgan fingerprint density at radius 2 is 1.73 bits per heavy atom. The summed E-state index contributed by atoms with van der Waals surface area (Å²) < 4.78 is 27.9. The molecule has 129 valence electrons. The first-order chi connectivity index (χ1) is 12.5. The molecule has 0 saturated carbocycles. The molecule has 0 heterocycles. The summed E-state index contributed by atoms with van der Waals surface area (Å²) in [6.45, 7) is 2.08. The lowest BCUT2D eigenvalue weighted by atomic mass is 10.2. The molecule has 0 aliphatic rings. The highest BCUT2D eigenvalue weighted by atomic mass is 32.2. The molecule has 0 atom stereocenters. The molecule has 4 nitrogen and oxygen atoms in total. The van der Waals surface area contributed by atoms with E-state index < -0.39 is 10.0 Å². The van der Waals surface area contributed by atoms with Crippen molar-refractivity contribution >= 4 is 15.7 Å². The molecule has 3 aromatic carbocycles. The van der Waals surface area contributed by atoms with E-state index in [9.17, 15) is 8.42 Å². The molecule has 3 rings (SSSR count). The lowest BCUT2D eigenvalue weighted by molar-refractivity contribution is 0.590. The lowest BCUT2D eigenvalue weighted by Crippen LogP contribution is -2.30. The van der Waals surface area contributed by atoms with Crippen molar-refractivity contribution in [3.8, 4) is 6.07 Å². The number of hydrogen-bond acceptors (Lipinski definition) is 3. The van der Waals surface area contributed by atoms with Crippen molar-refractivity contribution in [2.24, 2.45) is 0 Å². The van der Waals surface area contributed by atoms with Gasteiger partial charge >= 0.3 is 0 Å². The fourth-order valence-electron chi connectivity index (χ4n) is 2.58. The van der Waals surface area contributed by atoms with Crippen LogP contribution in [0, 0.1) is 24.3 Å². The molecule has 0 N–H and O–H groups in total. The summed E-state index contributed by atoms with van der Waals surface area (Å²) in [5.41, 5.74) is 2.57. The summed E-state index contributed by atoms with van der Waals surface area (Å²) in [4.78, 5) is 0.213. The third kappa shape index (κ3) is 3.76. The largest absolute Gasteiger partial charge is 0.264 e. The lowest BCUT2D eigenvalue weighted by Gasteiger charge is -2.25. The number of anilines is 1. The van der Waals surface area contributed by atoms with Crippen molar-refractivity contribution in [3.63, 3.8) is 0 Å². The molecule has 0 aromatic heterocycles. The zero-order valence-electron chi connectivity index (χ0n) is 14.3. The summed E-state index contributed by atoms with van der Waals surface area (Å²) in [6.07, 6.45) is 0. The van der Waals surface area contributed by atoms with Gasteiger partial charge in [0.25, 0.3) is 10.0 Å². The second-order valence-corrected chi connectivity index (χ2v) is 7.74. The van der Waals surface area contributed by atoms with Gasteiger partial charge in [0.1, 0.15) is 0 Å². The zero-order valence-corrected chi connectivity index (χ0v) is 15.1. The monoisotopic (exact) mass is 361 g/mol. The van der Waals surface area contributed by atoms with E-state index in [0.29, 0.717) is 11.3 Å².